The number of rotatable bonds is 6. The van der Waals surface area contributed by atoms with Gasteiger partial charge in [0.15, 0.2) is 11.5 Å². The maximum atomic E-state index is 12.5. The summed E-state index contributed by atoms with van der Waals surface area (Å²) in [5.74, 6) is 1.61. The molecule has 0 atom stereocenters. The largest absolute Gasteiger partial charge is 0.493 e. The zero-order valence-corrected chi connectivity index (χ0v) is 24.4. The second-order valence-electron chi connectivity index (χ2n) is 12.3. The Bertz CT molecular complexity index is 1650. The third-order valence-corrected chi connectivity index (χ3v) is 7.75. The Hall–Kier alpha value is -4.38. The van der Waals surface area contributed by atoms with E-state index in [2.05, 4.69) is 75.5 Å². The van der Waals surface area contributed by atoms with Crippen molar-refractivity contribution in [2.45, 2.75) is 58.1 Å². The van der Waals surface area contributed by atoms with Gasteiger partial charge in [-0.15, -0.1) is 0 Å². The summed E-state index contributed by atoms with van der Waals surface area (Å²) in [6.07, 6.45) is 1.99. The number of amides is 1. The molecule has 41 heavy (non-hydrogen) atoms. The molecule has 2 aliphatic rings. The topological polar surface area (TPSA) is 59.9 Å². The number of methoxy groups -OCH3 is 1. The van der Waals surface area contributed by atoms with Crippen molar-refractivity contribution < 1.29 is 14.3 Å². The fourth-order valence-electron chi connectivity index (χ4n) is 6.01. The standard InChI is InChI=1S/C36H36N2O3/c1-35(2)21-27-20-30(40-5)34-29(22-36(3,4)41-34)32(27)33(38-35)26-13-9-12-25(19-26)24-14-16-28(17-15-24)37-31(39)18-23-10-7-6-8-11-23/h6-17,19-20H,18,21-22H2,1-5H3,(H,37,39). The highest BCUT2D eigenvalue weighted by atomic mass is 16.5. The Labute approximate surface area is 242 Å². The lowest BCUT2D eigenvalue weighted by atomic mass is 9.80. The summed E-state index contributed by atoms with van der Waals surface area (Å²) in [6, 6.07) is 28.5. The van der Waals surface area contributed by atoms with Crippen LogP contribution in [0.1, 0.15) is 55.5 Å². The monoisotopic (exact) mass is 544 g/mol. The fraction of sp³-hybridized carbons (Fsp3) is 0.278. The van der Waals surface area contributed by atoms with Crippen LogP contribution in [0.25, 0.3) is 11.1 Å². The van der Waals surface area contributed by atoms with Crippen LogP contribution in [0.4, 0.5) is 5.69 Å². The summed E-state index contributed by atoms with van der Waals surface area (Å²) >= 11 is 0. The van der Waals surface area contributed by atoms with Crippen LogP contribution in [-0.4, -0.2) is 29.9 Å². The maximum absolute atomic E-state index is 12.5. The molecule has 1 N–H and O–H groups in total. The number of fused-ring (bicyclic) bond motifs is 3. The number of benzene rings is 4. The van der Waals surface area contributed by atoms with Crippen molar-refractivity contribution in [1.29, 1.82) is 0 Å². The molecule has 0 bridgehead atoms. The molecule has 0 saturated carbocycles. The van der Waals surface area contributed by atoms with E-state index in [1.807, 2.05) is 42.5 Å². The van der Waals surface area contributed by atoms with E-state index in [4.69, 9.17) is 14.5 Å². The average Bonchev–Trinajstić information content (AvgIpc) is 3.27. The second kappa shape index (κ2) is 10.2. The molecule has 4 aromatic carbocycles. The fourth-order valence-corrected chi connectivity index (χ4v) is 6.01. The lowest BCUT2D eigenvalue weighted by Gasteiger charge is -2.31. The van der Waals surface area contributed by atoms with Crippen molar-refractivity contribution in [3.8, 4) is 22.6 Å². The Morgan fingerprint density at radius 1 is 0.878 bits per heavy atom. The Morgan fingerprint density at radius 2 is 1.61 bits per heavy atom. The van der Waals surface area contributed by atoms with Gasteiger partial charge in [-0.3, -0.25) is 9.79 Å². The second-order valence-corrected chi connectivity index (χ2v) is 12.3. The molecule has 0 spiro atoms. The first-order chi connectivity index (χ1) is 19.6. The Balaban J connectivity index is 1.31. The van der Waals surface area contributed by atoms with Crippen LogP contribution >= 0.6 is 0 Å². The molecule has 208 valence electrons. The number of aliphatic imine (C=N–C) groups is 1. The third-order valence-electron chi connectivity index (χ3n) is 7.75. The lowest BCUT2D eigenvalue weighted by molar-refractivity contribution is -0.115. The summed E-state index contributed by atoms with van der Waals surface area (Å²) < 4.78 is 12.1. The number of ether oxygens (including phenoxy) is 2. The highest BCUT2D eigenvalue weighted by Gasteiger charge is 2.39. The predicted octanol–water partition coefficient (Wildman–Crippen LogP) is 7.43. The van der Waals surface area contributed by atoms with Crippen LogP contribution in [0.15, 0.2) is 89.9 Å². The van der Waals surface area contributed by atoms with Gasteiger partial charge in [0, 0.05) is 28.8 Å². The summed E-state index contributed by atoms with van der Waals surface area (Å²) in [5.41, 5.74) is 9.09. The third kappa shape index (κ3) is 5.49. The molecule has 2 heterocycles. The van der Waals surface area contributed by atoms with E-state index in [1.54, 1.807) is 7.11 Å². The van der Waals surface area contributed by atoms with E-state index < -0.39 is 0 Å². The molecule has 2 aliphatic heterocycles. The Morgan fingerprint density at radius 3 is 2.34 bits per heavy atom. The van der Waals surface area contributed by atoms with Crippen molar-refractivity contribution in [2.75, 3.05) is 12.4 Å². The highest BCUT2D eigenvalue weighted by Crippen LogP contribution is 2.48. The quantitative estimate of drug-likeness (QED) is 0.275. The highest BCUT2D eigenvalue weighted by molar-refractivity contribution is 6.16. The van der Waals surface area contributed by atoms with Gasteiger partial charge in [0.1, 0.15) is 5.60 Å². The number of hydrogen-bond acceptors (Lipinski definition) is 4. The van der Waals surface area contributed by atoms with Gasteiger partial charge in [-0.05, 0) is 80.6 Å². The van der Waals surface area contributed by atoms with Crippen LogP contribution in [0, 0.1) is 0 Å². The molecule has 0 saturated heterocycles. The lowest BCUT2D eigenvalue weighted by Crippen LogP contribution is -2.30. The van der Waals surface area contributed by atoms with Crippen molar-refractivity contribution >= 4 is 17.3 Å². The summed E-state index contributed by atoms with van der Waals surface area (Å²) in [6.45, 7) is 8.61. The van der Waals surface area contributed by atoms with E-state index in [-0.39, 0.29) is 17.0 Å². The SMILES string of the molecule is COc1cc2c(c3c1OC(C)(C)C3)C(c1cccc(-c3ccc(NC(=O)Cc4ccccc4)cc3)c1)=NC(C)(C)C2. The minimum Gasteiger partial charge on any atom is -0.493 e. The molecule has 0 unspecified atom stereocenters. The molecule has 4 aromatic rings. The van der Waals surface area contributed by atoms with E-state index in [9.17, 15) is 4.79 Å². The number of nitrogens with zero attached hydrogens (tertiary/aromatic N) is 1. The molecule has 0 aliphatic carbocycles. The van der Waals surface area contributed by atoms with E-state index >= 15 is 0 Å². The average molecular weight is 545 g/mol. The first-order valence-electron chi connectivity index (χ1n) is 14.2. The summed E-state index contributed by atoms with van der Waals surface area (Å²) in [4.78, 5) is 17.8. The van der Waals surface area contributed by atoms with Gasteiger partial charge in [-0.1, -0.05) is 60.7 Å². The van der Waals surface area contributed by atoms with E-state index in [0.29, 0.717) is 6.42 Å². The van der Waals surface area contributed by atoms with Crippen molar-refractivity contribution in [3.05, 3.63) is 113 Å². The molecule has 0 aromatic heterocycles. The molecule has 0 radical (unpaired) electrons. The van der Waals surface area contributed by atoms with Gasteiger partial charge in [-0.2, -0.15) is 0 Å². The van der Waals surface area contributed by atoms with Crippen molar-refractivity contribution in [2.24, 2.45) is 4.99 Å². The molecular formula is C36H36N2O3. The molecule has 0 fully saturated rings. The first-order valence-corrected chi connectivity index (χ1v) is 14.2. The number of anilines is 1. The van der Waals surface area contributed by atoms with Gasteiger partial charge >= 0.3 is 0 Å². The smallest absolute Gasteiger partial charge is 0.228 e. The normalized spacial score (nSPS) is 16.2. The zero-order valence-electron chi connectivity index (χ0n) is 24.4. The number of hydrogen-bond donors (Lipinski definition) is 1. The first kappa shape index (κ1) is 26.8. The van der Waals surface area contributed by atoms with Gasteiger partial charge < -0.3 is 14.8 Å². The van der Waals surface area contributed by atoms with Crippen LogP contribution < -0.4 is 14.8 Å². The van der Waals surface area contributed by atoms with Crippen LogP contribution in [-0.2, 0) is 24.1 Å². The van der Waals surface area contributed by atoms with E-state index in [1.165, 1.54) is 16.7 Å². The maximum Gasteiger partial charge on any atom is 0.228 e. The van der Waals surface area contributed by atoms with Crippen LogP contribution in [0.2, 0.25) is 0 Å². The molecule has 5 heteroatoms. The molecule has 6 rings (SSSR count). The van der Waals surface area contributed by atoms with E-state index in [0.717, 1.165) is 58.0 Å². The van der Waals surface area contributed by atoms with Crippen LogP contribution in [0.5, 0.6) is 11.5 Å². The number of carbonyl (C=O) groups excluding carboxylic acids is 1. The number of nitrogens with one attached hydrogen (secondary N) is 1. The molecule has 1 amide bonds. The molecule has 5 nitrogen and oxygen atoms in total. The van der Waals surface area contributed by atoms with Crippen molar-refractivity contribution in [1.82, 2.24) is 0 Å². The predicted molar refractivity (Wildman–Crippen MR) is 165 cm³/mol. The van der Waals surface area contributed by atoms with Crippen molar-refractivity contribution in [3.63, 3.8) is 0 Å². The Kier molecular flexibility index (Phi) is 6.69. The zero-order chi connectivity index (χ0) is 28.8. The van der Waals surface area contributed by atoms with Gasteiger partial charge in [0.05, 0.1) is 24.8 Å². The van der Waals surface area contributed by atoms with Gasteiger partial charge in [-0.25, -0.2) is 0 Å². The minimum atomic E-state index is -0.303. The van der Waals surface area contributed by atoms with Gasteiger partial charge in [0.25, 0.3) is 0 Å². The van der Waals surface area contributed by atoms with Gasteiger partial charge in [0.2, 0.25) is 5.91 Å². The number of carbonyl (C=O) groups is 1. The minimum absolute atomic E-state index is 0.0288. The summed E-state index contributed by atoms with van der Waals surface area (Å²) in [5, 5.41) is 3.01. The van der Waals surface area contributed by atoms with Crippen LogP contribution in [0.3, 0.4) is 0 Å². The molecular weight excluding hydrogens is 508 g/mol. The summed E-state index contributed by atoms with van der Waals surface area (Å²) in [7, 11) is 1.71.